The number of anilines is 1. The third-order valence-electron chi connectivity index (χ3n) is 4.02. The van der Waals surface area contributed by atoms with Crippen molar-refractivity contribution in [2.45, 2.75) is 11.8 Å². The maximum absolute atomic E-state index is 12.7. The first-order valence-corrected chi connectivity index (χ1v) is 10.1. The fourth-order valence-electron chi connectivity index (χ4n) is 2.67. The minimum absolute atomic E-state index is 0.0461. The van der Waals surface area contributed by atoms with Crippen molar-refractivity contribution in [3.63, 3.8) is 0 Å². The molecule has 1 heterocycles. The summed E-state index contributed by atoms with van der Waals surface area (Å²) in [6.45, 7) is 1.10. The van der Waals surface area contributed by atoms with Gasteiger partial charge in [0.15, 0.2) is 5.76 Å². The lowest BCUT2D eigenvalue weighted by Crippen LogP contribution is -2.13. The van der Waals surface area contributed by atoms with Gasteiger partial charge in [-0.05, 0) is 30.3 Å². The van der Waals surface area contributed by atoms with Crippen LogP contribution in [0.4, 0.5) is 5.88 Å². The second-order valence-electron chi connectivity index (χ2n) is 6.02. The highest BCUT2D eigenvalue weighted by Gasteiger charge is 2.29. The van der Waals surface area contributed by atoms with Crippen molar-refractivity contribution < 1.29 is 36.9 Å². The molecule has 30 heavy (non-hydrogen) atoms. The normalized spacial score (nSPS) is 11.0. The van der Waals surface area contributed by atoms with Gasteiger partial charge >= 0.3 is 5.97 Å². The molecular formula is C20H19NO8S. The monoisotopic (exact) mass is 433 g/mol. The van der Waals surface area contributed by atoms with E-state index in [0.717, 1.165) is 6.92 Å². The highest BCUT2D eigenvalue weighted by atomic mass is 32.2. The molecule has 0 saturated heterocycles. The Morgan fingerprint density at radius 2 is 1.77 bits per heavy atom. The van der Waals surface area contributed by atoms with Gasteiger partial charge in [-0.1, -0.05) is 18.2 Å². The molecule has 0 aliphatic heterocycles. The molecule has 3 aromatic rings. The van der Waals surface area contributed by atoms with Crippen molar-refractivity contribution >= 4 is 21.9 Å². The van der Waals surface area contributed by atoms with Crippen LogP contribution in [0.25, 0.3) is 11.3 Å². The molecule has 0 radical (unpaired) electrons. The SMILES string of the molecule is COc1ccc(OC)c(-c2oc(NS(=O)(=O)c3ccccc3)c(OC(C)=O)c2O)c1. The summed E-state index contributed by atoms with van der Waals surface area (Å²) < 4.78 is 48.6. The molecule has 10 heteroatoms. The van der Waals surface area contributed by atoms with E-state index in [4.69, 9.17) is 18.6 Å². The number of hydrogen-bond donors (Lipinski definition) is 2. The third kappa shape index (κ3) is 4.18. The Morgan fingerprint density at radius 3 is 2.37 bits per heavy atom. The summed E-state index contributed by atoms with van der Waals surface area (Å²) in [5.74, 6) is -1.73. The van der Waals surface area contributed by atoms with Crippen molar-refractivity contribution in [3.8, 4) is 34.3 Å². The zero-order valence-corrected chi connectivity index (χ0v) is 17.1. The van der Waals surface area contributed by atoms with Crippen LogP contribution in [-0.4, -0.2) is 33.7 Å². The Labute approximate surface area is 172 Å². The lowest BCUT2D eigenvalue weighted by Gasteiger charge is -2.08. The van der Waals surface area contributed by atoms with Crippen LogP contribution in [0.3, 0.4) is 0 Å². The van der Waals surface area contributed by atoms with Crippen LogP contribution >= 0.6 is 0 Å². The summed E-state index contributed by atoms with van der Waals surface area (Å²) >= 11 is 0. The number of carbonyl (C=O) groups is 1. The first-order chi connectivity index (χ1) is 14.3. The number of methoxy groups -OCH3 is 2. The van der Waals surface area contributed by atoms with Gasteiger partial charge in [0.25, 0.3) is 15.9 Å². The van der Waals surface area contributed by atoms with E-state index in [1.165, 1.54) is 32.4 Å². The topological polar surface area (TPSA) is 124 Å². The van der Waals surface area contributed by atoms with E-state index in [2.05, 4.69) is 4.72 Å². The minimum Gasteiger partial charge on any atom is -0.502 e. The summed E-state index contributed by atoms with van der Waals surface area (Å²) in [5.41, 5.74) is 0.257. The predicted molar refractivity (Wildman–Crippen MR) is 107 cm³/mol. The molecule has 1 aromatic heterocycles. The van der Waals surface area contributed by atoms with Gasteiger partial charge in [0.1, 0.15) is 11.5 Å². The average molecular weight is 433 g/mol. The molecule has 0 aliphatic carbocycles. The van der Waals surface area contributed by atoms with E-state index in [9.17, 15) is 18.3 Å². The van der Waals surface area contributed by atoms with Crippen molar-refractivity contribution in [1.29, 1.82) is 0 Å². The number of furan rings is 1. The fourth-order valence-corrected chi connectivity index (χ4v) is 3.68. The van der Waals surface area contributed by atoms with Crippen LogP contribution in [0.15, 0.2) is 57.8 Å². The van der Waals surface area contributed by atoms with Gasteiger partial charge < -0.3 is 23.7 Å². The second kappa shape index (κ2) is 8.37. The molecule has 0 bridgehead atoms. The summed E-state index contributed by atoms with van der Waals surface area (Å²) in [6.07, 6.45) is 0. The Hall–Kier alpha value is -3.66. The van der Waals surface area contributed by atoms with Crippen molar-refractivity contribution in [1.82, 2.24) is 0 Å². The molecule has 0 unspecified atom stereocenters. The van der Waals surface area contributed by atoms with E-state index >= 15 is 0 Å². The maximum Gasteiger partial charge on any atom is 0.308 e. The first-order valence-electron chi connectivity index (χ1n) is 8.61. The standard InChI is InChI=1S/C20H19NO8S/c1-12(22)28-19-17(23)18(15-11-13(26-2)9-10-16(15)27-3)29-20(19)21-30(24,25)14-7-5-4-6-8-14/h4-11,21,23H,1-3H3. The molecule has 0 fully saturated rings. The first kappa shape index (κ1) is 21.1. The number of nitrogens with one attached hydrogen (secondary N) is 1. The zero-order chi connectivity index (χ0) is 21.9. The van der Waals surface area contributed by atoms with Gasteiger partial charge in [-0.2, -0.15) is 0 Å². The number of hydrogen-bond acceptors (Lipinski definition) is 8. The largest absolute Gasteiger partial charge is 0.502 e. The van der Waals surface area contributed by atoms with Gasteiger partial charge in [-0.3, -0.25) is 4.79 Å². The highest BCUT2D eigenvalue weighted by Crippen LogP contribution is 2.49. The molecule has 2 aromatic carbocycles. The number of benzene rings is 2. The Kier molecular flexibility index (Phi) is 5.88. The molecular weight excluding hydrogens is 414 g/mol. The Morgan fingerprint density at radius 1 is 1.07 bits per heavy atom. The summed E-state index contributed by atoms with van der Waals surface area (Å²) in [4.78, 5) is 11.5. The molecule has 9 nitrogen and oxygen atoms in total. The van der Waals surface area contributed by atoms with E-state index < -0.39 is 33.4 Å². The fraction of sp³-hybridized carbons (Fsp3) is 0.150. The van der Waals surface area contributed by atoms with Gasteiger partial charge in [-0.25, -0.2) is 13.1 Å². The Bertz CT molecular complexity index is 1170. The number of ether oxygens (including phenoxy) is 3. The van der Waals surface area contributed by atoms with Gasteiger partial charge in [0, 0.05) is 6.92 Å². The summed E-state index contributed by atoms with van der Waals surface area (Å²) in [7, 11) is -1.22. The number of esters is 1. The van der Waals surface area contributed by atoms with Crippen molar-refractivity contribution in [2.75, 3.05) is 18.9 Å². The molecule has 0 amide bonds. The van der Waals surface area contributed by atoms with Crippen molar-refractivity contribution in [2.24, 2.45) is 0 Å². The lowest BCUT2D eigenvalue weighted by molar-refractivity contribution is -0.131. The van der Waals surface area contributed by atoms with Crippen LogP contribution in [0.5, 0.6) is 23.0 Å². The minimum atomic E-state index is -4.09. The second-order valence-corrected chi connectivity index (χ2v) is 7.70. The zero-order valence-electron chi connectivity index (χ0n) is 16.3. The van der Waals surface area contributed by atoms with Gasteiger partial charge in [0.05, 0.1) is 24.7 Å². The van der Waals surface area contributed by atoms with E-state index in [0.29, 0.717) is 11.5 Å². The Balaban J connectivity index is 2.15. The number of carbonyl (C=O) groups excluding carboxylic acids is 1. The van der Waals surface area contributed by atoms with Crippen LogP contribution in [-0.2, 0) is 14.8 Å². The lowest BCUT2D eigenvalue weighted by atomic mass is 10.1. The average Bonchev–Trinajstić information content (AvgIpc) is 3.02. The van der Waals surface area contributed by atoms with Crippen LogP contribution in [0.2, 0.25) is 0 Å². The van der Waals surface area contributed by atoms with E-state index in [1.807, 2.05) is 0 Å². The van der Waals surface area contributed by atoms with E-state index in [1.54, 1.807) is 30.3 Å². The van der Waals surface area contributed by atoms with Gasteiger partial charge in [-0.15, -0.1) is 0 Å². The third-order valence-corrected chi connectivity index (χ3v) is 5.37. The summed E-state index contributed by atoms with van der Waals surface area (Å²) in [5, 5.41) is 10.7. The highest BCUT2D eigenvalue weighted by molar-refractivity contribution is 7.92. The molecule has 3 rings (SSSR count). The molecule has 158 valence electrons. The predicted octanol–water partition coefficient (Wildman–Crippen LogP) is 3.40. The molecule has 0 aliphatic rings. The number of rotatable bonds is 7. The molecule has 0 atom stereocenters. The maximum atomic E-state index is 12.7. The molecule has 0 spiro atoms. The van der Waals surface area contributed by atoms with Crippen LogP contribution in [0.1, 0.15) is 6.92 Å². The smallest absolute Gasteiger partial charge is 0.308 e. The van der Waals surface area contributed by atoms with E-state index in [-0.39, 0.29) is 16.2 Å². The van der Waals surface area contributed by atoms with Gasteiger partial charge in [0.2, 0.25) is 11.5 Å². The number of aromatic hydroxyl groups is 1. The molecule has 2 N–H and O–H groups in total. The quantitative estimate of drug-likeness (QED) is 0.543. The van der Waals surface area contributed by atoms with Crippen LogP contribution < -0.4 is 18.9 Å². The summed E-state index contributed by atoms with van der Waals surface area (Å²) in [6, 6.07) is 12.2. The number of sulfonamides is 1. The van der Waals surface area contributed by atoms with Crippen molar-refractivity contribution in [3.05, 3.63) is 48.5 Å². The molecule has 0 saturated carbocycles. The van der Waals surface area contributed by atoms with Crippen LogP contribution in [0, 0.1) is 0 Å².